The van der Waals surface area contributed by atoms with E-state index in [2.05, 4.69) is 10.3 Å². The molecule has 2 rings (SSSR count). The number of nitrogens with zero attached hydrogens (tertiary/aromatic N) is 1. The number of aromatic hydroxyl groups is 1. The van der Waals surface area contributed by atoms with Crippen LogP contribution in [-0.4, -0.2) is 16.0 Å². The number of benzene rings is 1. The van der Waals surface area contributed by atoms with Crippen molar-refractivity contribution in [1.82, 2.24) is 10.3 Å². The Kier molecular flexibility index (Phi) is 4.47. The van der Waals surface area contributed by atoms with Crippen LogP contribution in [0.4, 0.5) is 0 Å². The Morgan fingerprint density at radius 2 is 2.10 bits per heavy atom. The number of nitrogens with one attached hydrogen (secondary N) is 1. The lowest BCUT2D eigenvalue weighted by molar-refractivity contribution is 0.0939. The second-order valence-electron chi connectivity index (χ2n) is 4.29. The highest BCUT2D eigenvalue weighted by Gasteiger charge is 2.13. The van der Waals surface area contributed by atoms with E-state index in [0.717, 1.165) is 5.56 Å². The molecule has 0 saturated carbocycles. The molecule has 2 aromatic rings. The monoisotopic (exact) mass is 310 g/mol. The van der Waals surface area contributed by atoms with E-state index < -0.39 is 0 Å². The minimum absolute atomic E-state index is 0.153. The number of phenolic OH excluding ortho intramolecular Hbond substituents is 1. The topological polar surface area (TPSA) is 62.2 Å². The maximum Gasteiger partial charge on any atom is 0.253 e. The number of hydrogen-bond donors (Lipinski definition) is 2. The molecule has 0 radical (unpaired) electrons. The van der Waals surface area contributed by atoms with Gasteiger partial charge in [0, 0.05) is 6.20 Å². The molecular formula is C14H12Cl2N2O2. The van der Waals surface area contributed by atoms with Gasteiger partial charge in [-0.05, 0) is 30.7 Å². The second kappa shape index (κ2) is 6.11. The van der Waals surface area contributed by atoms with E-state index in [1.165, 1.54) is 12.3 Å². The first-order chi connectivity index (χ1) is 9.47. The first-order valence-electron chi connectivity index (χ1n) is 5.88. The third kappa shape index (κ3) is 3.40. The van der Waals surface area contributed by atoms with E-state index in [1.54, 1.807) is 18.2 Å². The van der Waals surface area contributed by atoms with Crippen LogP contribution in [0.5, 0.6) is 5.75 Å². The van der Waals surface area contributed by atoms with Crippen LogP contribution in [0.1, 0.15) is 28.9 Å². The summed E-state index contributed by atoms with van der Waals surface area (Å²) >= 11 is 11.5. The van der Waals surface area contributed by atoms with Gasteiger partial charge >= 0.3 is 0 Å². The summed E-state index contributed by atoms with van der Waals surface area (Å²) in [6, 6.07) is 7.90. The smallest absolute Gasteiger partial charge is 0.253 e. The van der Waals surface area contributed by atoms with Crippen molar-refractivity contribution in [2.24, 2.45) is 0 Å². The highest BCUT2D eigenvalue weighted by atomic mass is 35.5. The van der Waals surface area contributed by atoms with E-state index in [4.69, 9.17) is 23.2 Å². The summed E-state index contributed by atoms with van der Waals surface area (Å²) in [6.45, 7) is 1.82. The van der Waals surface area contributed by atoms with Crippen molar-refractivity contribution in [1.29, 1.82) is 0 Å². The maximum absolute atomic E-state index is 12.1. The van der Waals surface area contributed by atoms with Gasteiger partial charge in [0.2, 0.25) is 0 Å². The fourth-order valence-electron chi connectivity index (χ4n) is 1.70. The Labute approximate surface area is 126 Å². The molecule has 1 aromatic carbocycles. The number of carbonyl (C=O) groups is 1. The van der Waals surface area contributed by atoms with E-state index in [0.29, 0.717) is 5.56 Å². The Balaban J connectivity index is 2.13. The molecule has 0 aliphatic heterocycles. The Morgan fingerprint density at radius 3 is 2.75 bits per heavy atom. The van der Waals surface area contributed by atoms with Crippen molar-refractivity contribution in [3.8, 4) is 5.75 Å². The van der Waals surface area contributed by atoms with Gasteiger partial charge in [0.05, 0.1) is 16.6 Å². The van der Waals surface area contributed by atoms with E-state index in [1.807, 2.05) is 13.0 Å². The van der Waals surface area contributed by atoms with Gasteiger partial charge in [-0.25, -0.2) is 4.98 Å². The molecule has 0 spiro atoms. The van der Waals surface area contributed by atoms with Gasteiger partial charge in [-0.15, -0.1) is 0 Å². The predicted molar refractivity (Wildman–Crippen MR) is 78.2 cm³/mol. The highest BCUT2D eigenvalue weighted by Crippen LogP contribution is 2.21. The third-order valence-electron chi connectivity index (χ3n) is 2.78. The molecule has 0 aliphatic carbocycles. The summed E-state index contributed by atoms with van der Waals surface area (Å²) in [5.74, 6) is -0.160. The summed E-state index contributed by atoms with van der Waals surface area (Å²) in [4.78, 5) is 15.9. The van der Waals surface area contributed by atoms with Gasteiger partial charge in [0.25, 0.3) is 5.91 Å². The van der Waals surface area contributed by atoms with Crippen molar-refractivity contribution in [2.45, 2.75) is 13.0 Å². The van der Waals surface area contributed by atoms with Crippen LogP contribution in [0, 0.1) is 0 Å². The van der Waals surface area contributed by atoms with Crippen molar-refractivity contribution >= 4 is 29.1 Å². The van der Waals surface area contributed by atoms with Crippen molar-refractivity contribution in [2.75, 3.05) is 0 Å². The van der Waals surface area contributed by atoms with Gasteiger partial charge in [0.1, 0.15) is 10.9 Å². The summed E-state index contributed by atoms with van der Waals surface area (Å²) < 4.78 is 0. The fraction of sp³-hybridized carbons (Fsp3) is 0.143. The molecule has 20 heavy (non-hydrogen) atoms. The number of pyridine rings is 1. The summed E-state index contributed by atoms with van der Waals surface area (Å²) in [6.07, 6.45) is 1.36. The van der Waals surface area contributed by atoms with Crippen LogP contribution in [-0.2, 0) is 0 Å². The first-order valence-corrected chi connectivity index (χ1v) is 6.64. The number of amides is 1. The average molecular weight is 311 g/mol. The minimum atomic E-state index is -0.313. The summed E-state index contributed by atoms with van der Waals surface area (Å²) in [5.41, 5.74) is 1.12. The van der Waals surface area contributed by atoms with Crippen LogP contribution in [0.15, 0.2) is 36.5 Å². The zero-order valence-corrected chi connectivity index (χ0v) is 12.1. The molecule has 104 valence electrons. The van der Waals surface area contributed by atoms with Gasteiger partial charge in [0.15, 0.2) is 0 Å². The highest BCUT2D eigenvalue weighted by molar-refractivity contribution is 6.41. The molecule has 0 fully saturated rings. The van der Waals surface area contributed by atoms with Crippen molar-refractivity contribution < 1.29 is 9.90 Å². The third-order valence-corrected chi connectivity index (χ3v) is 3.46. The number of phenols is 1. The first kappa shape index (κ1) is 14.6. The lowest BCUT2D eigenvalue weighted by Crippen LogP contribution is -2.26. The molecule has 4 nitrogen and oxygen atoms in total. The number of halogens is 2. The summed E-state index contributed by atoms with van der Waals surface area (Å²) in [7, 11) is 0. The Hall–Kier alpha value is -1.78. The SMILES string of the molecule is CC(NC(=O)c1cnc(Cl)c(Cl)c1)c1cccc(O)c1. The number of hydrogen-bond acceptors (Lipinski definition) is 3. The lowest BCUT2D eigenvalue weighted by atomic mass is 10.1. The van der Waals surface area contributed by atoms with E-state index in [-0.39, 0.29) is 27.9 Å². The molecule has 0 saturated heterocycles. The van der Waals surface area contributed by atoms with Crippen molar-refractivity contribution in [3.05, 3.63) is 57.8 Å². The zero-order valence-electron chi connectivity index (χ0n) is 10.6. The van der Waals surface area contributed by atoms with Crippen LogP contribution in [0.3, 0.4) is 0 Å². The maximum atomic E-state index is 12.1. The number of rotatable bonds is 3. The zero-order chi connectivity index (χ0) is 14.7. The van der Waals surface area contributed by atoms with Crippen LogP contribution in [0.2, 0.25) is 10.2 Å². The van der Waals surface area contributed by atoms with E-state index >= 15 is 0 Å². The number of carbonyl (C=O) groups excluding carboxylic acids is 1. The quantitative estimate of drug-likeness (QED) is 0.852. The summed E-state index contributed by atoms with van der Waals surface area (Å²) in [5, 5.41) is 12.6. The molecule has 1 heterocycles. The molecular weight excluding hydrogens is 299 g/mol. The van der Waals surface area contributed by atoms with Gasteiger partial charge in [-0.2, -0.15) is 0 Å². The molecule has 2 N–H and O–H groups in total. The average Bonchev–Trinajstić information content (AvgIpc) is 2.41. The van der Waals surface area contributed by atoms with Crippen LogP contribution >= 0.6 is 23.2 Å². The van der Waals surface area contributed by atoms with Gasteiger partial charge in [-0.1, -0.05) is 35.3 Å². The molecule has 1 unspecified atom stereocenters. The Morgan fingerprint density at radius 1 is 1.35 bits per heavy atom. The molecule has 1 aromatic heterocycles. The molecule has 0 aliphatic rings. The molecule has 0 bridgehead atoms. The van der Waals surface area contributed by atoms with Crippen LogP contribution < -0.4 is 5.32 Å². The van der Waals surface area contributed by atoms with E-state index in [9.17, 15) is 9.90 Å². The minimum Gasteiger partial charge on any atom is -0.508 e. The predicted octanol–water partition coefficient (Wildman–Crippen LogP) is 3.59. The van der Waals surface area contributed by atoms with Crippen molar-refractivity contribution in [3.63, 3.8) is 0 Å². The molecule has 1 amide bonds. The fourth-order valence-corrected chi connectivity index (χ4v) is 1.97. The Bertz CT molecular complexity index is 647. The number of aromatic nitrogens is 1. The largest absolute Gasteiger partial charge is 0.508 e. The second-order valence-corrected chi connectivity index (χ2v) is 5.05. The standard InChI is InChI=1S/C14H12Cl2N2O2/c1-8(9-3-2-4-11(19)5-9)18-14(20)10-6-12(15)13(16)17-7-10/h2-8,19H,1H3,(H,18,20). The molecule has 1 atom stereocenters. The van der Waals surface area contributed by atoms with Gasteiger partial charge in [-0.3, -0.25) is 4.79 Å². The van der Waals surface area contributed by atoms with Gasteiger partial charge < -0.3 is 10.4 Å². The normalized spacial score (nSPS) is 11.9. The van der Waals surface area contributed by atoms with Crippen LogP contribution in [0.25, 0.3) is 0 Å². The molecule has 6 heteroatoms. The lowest BCUT2D eigenvalue weighted by Gasteiger charge is -2.14.